The van der Waals surface area contributed by atoms with Gasteiger partial charge in [-0.15, -0.1) is 21.5 Å². The van der Waals surface area contributed by atoms with Gasteiger partial charge in [-0.3, -0.25) is 4.57 Å². The van der Waals surface area contributed by atoms with E-state index in [-0.39, 0.29) is 0 Å². The number of thiazole rings is 1. The Morgan fingerprint density at radius 3 is 2.67 bits per heavy atom. The molecule has 0 saturated heterocycles. The largest absolute Gasteiger partial charge is 0.468 e. The van der Waals surface area contributed by atoms with Crippen LogP contribution in [-0.4, -0.2) is 32.8 Å². The number of carbonyl (C=O) groups is 1. The standard InChI is InChI=1S/C23H18N4O3S3/c1-29-21(28)16-11-12-30-18(16)13-31-22-26-25-20(27(22)15-7-3-2-4-8-15)14-32-23-24-17-9-5-6-10-19(17)33-23/h2-12H,13-14H2,1H3. The molecule has 7 nitrogen and oxygen atoms in total. The molecule has 0 unspecified atom stereocenters. The topological polar surface area (TPSA) is 83.0 Å². The molecular formula is C23H18N4O3S3. The van der Waals surface area contributed by atoms with Crippen LogP contribution in [0, 0.1) is 0 Å². The lowest BCUT2D eigenvalue weighted by Gasteiger charge is -2.09. The zero-order valence-electron chi connectivity index (χ0n) is 17.5. The van der Waals surface area contributed by atoms with Crippen molar-refractivity contribution >= 4 is 51.0 Å². The third kappa shape index (κ3) is 4.68. The molecule has 0 amide bonds. The third-order valence-corrected chi connectivity index (χ3v) is 7.90. The van der Waals surface area contributed by atoms with Crippen LogP contribution in [0.1, 0.15) is 21.9 Å². The van der Waals surface area contributed by atoms with E-state index >= 15 is 0 Å². The van der Waals surface area contributed by atoms with Gasteiger partial charge in [-0.1, -0.05) is 53.9 Å². The van der Waals surface area contributed by atoms with Crippen LogP contribution >= 0.6 is 34.9 Å². The molecule has 2 aromatic carbocycles. The van der Waals surface area contributed by atoms with Gasteiger partial charge in [-0.2, -0.15) is 0 Å². The maximum Gasteiger partial charge on any atom is 0.341 e. The summed E-state index contributed by atoms with van der Waals surface area (Å²) in [4.78, 5) is 16.7. The molecule has 5 aromatic rings. The minimum absolute atomic E-state index is 0.419. The number of aromatic nitrogens is 4. The second-order valence-electron chi connectivity index (χ2n) is 6.84. The van der Waals surface area contributed by atoms with Crippen LogP contribution in [0.4, 0.5) is 0 Å². The summed E-state index contributed by atoms with van der Waals surface area (Å²) in [7, 11) is 1.35. The SMILES string of the molecule is COC(=O)c1ccoc1CSc1nnc(CSc2nc3ccccc3s2)n1-c1ccccc1. The average Bonchev–Trinajstić information content (AvgIpc) is 3.59. The van der Waals surface area contributed by atoms with Crippen molar-refractivity contribution < 1.29 is 13.9 Å². The van der Waals surface area contributed by atoms with Crippen molar-refractivity contribution in [2.24, 2.45) is 0 Å². The first-order valence-corrected chi connectivity index (χ1v) is 12.8. The Labute approximate surface area is 202 Å². The first-order valence-electron chi connectivity index (χ1n) is 9.98. The second kappa shape index (κ2) is 9.82. The molecule has 3 heterocycles. The van der Waals surface area contributed by atoms with Crippen molar-refractivity contribution in [3.8, 4) is 5.69 Å². The highest BCUT2D eigenvalue weighted by molar-refractivity contribution is 8.00. The molecule has 0 aliphatic carbocycles. The minimum atomic E-state index is -0.420. The highest BCUT2D eigenvalue weighted by Crippen LogP contribution is 2.33. The summed E-state index contributed by atoms with van der Waals surface area (Å²) < 4.78 is 14.5. The van der Waals surface area contributed by atoms with E-state index in [1.54, 1.807) is 29.2 Å². The predicted molar refractivity (Wildman–Crippen MR) is 130 cm³/mol. The molecule has 33 heavy (non-hydrogen) atoms. The fraction of sp³-hybridized carbons (Fsp3) is 0.130. The van der Waals surface area contributed by atoms with Crippen LogP contribution in [0.3, 0.4) is 0 Å². The Bertz CT molecular complexity index is 1360. The van der Waals surface area contributed by atoms with Gasteiger partial charge in [0.1, 0.15) is 17.1 Å². The quantitative estimate of drug-likeness (QED) is 0.196. The zero-order valence-corrected chi connectivity index (χ0v) is 20.0. The summed E-state index contributed by atoms with van der Waals surface area (Å²) in [6, 6.07) is 19.7. The molecule has 10 heteroatoms. The number of fused-ring (bicyclic) bond motifs is 1. The highest BCUT2D eigenvalue weighted by atomic mass is 32.2. The van der Waals surface area contributed by atoms with Crippen molar-refractivity contribution in [1.29, 1.82) is 0 Å². The normalized spacial score (nSPS) is 11.2. The molecule has 0 aliphatic rings. The van der Waals surface area contributed by atoms with Crippen molar-refractivity contribution in [2.75, 3.05) is 7.11 Å². The van der Waals surface area contributed by atoms with Crippen molar-refractivity contribution in [1.82, 2.24) is 19.7 Å². The number of hydrogen-bond donors (Lipinski definition) is 0. The lowest BCUT2D eigenvalue weighted by Crippen LogP contribution is -2.03. The summed E-state index contributed by atoms with van der Waals surface area (Å²) in [6.07, 6.45) is 1.49. The van der Waals surface area contributed by atoms with Crippen LogP contribution in [-0.2, 0) is 16.2 Å². The van der Waals surface area contributed by atoms with E-state index in [9.17, 15) is 4.79 Å². The predicted octanol–water partition coefficient (Wildman–Crippen LogP) is 5.84. The summed E-state index contributed by atoms with van der Waals surface area (Å²) in [5.41, 5.74) is 2.39. The number of hydrogen-bond acceptors (Lipinski definition) is 9. The van der Waals surface area contributed by atoms with Gasteiger partial charge in [0.25, 0.3) is 0 Å². The fourth-order valence-electron chi connectivity index (χ4n) is 3.24. The molecule has 0 aliphatic heterocycles. The minimum Gasteiger partial charge on any atom is -0.468 e. The molecule has 0 N–H and O–H groups in total. The van der Waals surface area contributed by atoms with Crippen LogP contribution in [0.25, 0.3) is 15.9 Å². The number of esters is 1. The van der Waals surface area contributed by atoms with E-state index in [0.29, 0.717) is 28.0 Å². The summed E-state index contributed by atoms with van der Waals surface area (Å²) in [5, 5.41) is 9.61. The van der Waals surface area contributed by atoms with Gasteiger partial charge in [0.05, 0.1) is 35.1 Å². The maximum atomic E-state index is 12.0. The van der Waals surface area contributed by atoms with Crippen molar-refractivity contribution in [3.05, 3.63) is 84.1 Å². The molecule has 0 bridgehead atoms. The number of furan rings is 1. The number of ether oxygens (including phenoxy) is 1. The molecular weight excluding hydrogens is 476 g/mol. The highest BCUT2D eigenvalue weighted by Gasteiger charge is 2.19. The van der Waals surface area contributed by atoms with Gasteiger partial charge in [-0.05, 0) is 30.3 Å². The lowest BCUT2D eigenvalue weighted by atomic mass is 10.3. The van der Waals surface area contributed by atoms with Gasteiger partial charge in [0.15, 0.2) is 9.50 Å². The Balaban J connectivity index is 1.39. The molecule has 0 atom stereocenters. The van der Waals surface area contributed by atoms with E-state index in [1.807, 2.05) is 53.1 Å². The van der Waals surface area contributed by atoms with E-state index in [0.717, 1.165) is 21.4 Å². The van der Waals surface area contributed by atoms with Crippen molar-refractivity contribution in [2.45, 2.75) is 21.0 Å². The number of benzene rings is 2. The van der Waals surface area contributed by atoms with Gasteiger partial charge in [0, 0.05) is 5.69 Å². The zero-order chi connectivity index (χ0) is 22.6. The van der Waals surface area contributed by atoms with E-state index in [2.05, 4.69) is 16.3 Å². The van der Waals surface area contributed by atoms with E-state index < -0.39 is 5.97 Å². The number of carbonyl (C=O) groups excluding carboxylic acids is 1. The van der Waals surface area contributed by atoms with E-state index in [4.69, 9.17) is 14.1 Å². The molecule has 0 fully saturated rings. The average molecular weight is 495 g/mol. The molecule has 0 radical (unpaired) electrons. The monoisotopic (exact) mass is 494 g/mol. The van der Waals surface area contributed by atoms with Crippen molar-refractivity contribution in [3.63, 3.8) is 0 Å². The first-order chi connectivity index (χ1) is 16.2. The van der Waals surface area contributed by atoms with E-state index in [1.165, 1.54) is 29.8 Å². The number of thioether (sulfide) groups is 2. The smallest absolute Gasteiger partial charge is 0.341 e. The van der Waals surface area contributed by atoms with Gasteiger partial charge < -0.3 is 9.15 Å². The van der Waals surface area contributed by atoms with Gasteiger partial charge in [0.2, 0.25) is 0 Å². The Kier molecular flexibility index (Phi) is 6.47. The lowest BCUT2D eigenvalue weighted by molar-refractivity contribution is 0.0598. The third-order valence-electron chi connectivity index (χ3n) is 4.80. The molecule has 166 valence electrons. The molecule has 3 aromatic heterocycles. The van der Waals surface area contributed by atoms with Crippen LogP contribution in [0.5, 0.6) is 0 Å². The number of nitrogens with zero attached hydrogens (tertiary/aromatic N) is 4. The Hall–Kier alpha value is -3.08. The van der Waals surface area contributed by atoms with Crippen LogP contribution in [0.2, 0.25) is 0 Å². The molecule has 5 rings (SSSR count). The number of para-hydroxylation sites is 2. The Morgan fingerprint density at radius 1 is 1.03 bits per heavy atom. The first kappa shape index (κ1) is 21.7. The number of methoxy groups -OCH3 is 1. The van der Waals surface area contributed by atoms with Gasteiger partial charge >= 0.3 is 5.97 Å². The van der Waals surface area contributed by atoms with Gasteiger partial charge in [-0.25, -0.2) is 9.78 Å². The Morgan fingerprint density at radius 2 is 1.85 bits per heavy atom. The molecule has 0 saturated carbocycles. The summed E-state index contributed by atoms with van der Waals surface area (Å²) in [5.74, 6) is 1.99. The second-order valence-corrected chi connectivity index (χ2v) is 10.0. The maximum absolute atomic E-state index is 12.0. The summed E-state index contributed by atoms with van der Waals surface area (Å²) >= 11 is 4.77. The summed E-state index contributed by atoms with van der Waals surface area (Å²) in [6.45, 7) is 0. The van der Waals surface area contributed by atoms with Crippen LogP contribution in [0.15, 0.2) is 80.8 Å². The molecule has 0 spiro atoms. The fourth-order valence-corrected chi connectivity index (χ4v) is 6.14. The van der Waals surface area contributed by atoms with Crippen LogP contribution < -0.4 is 0 Å². The number of rotatable bonds is 8.